The molecule has 160 valence electrons. The number of esters is 1. The molecule has 8 heteroatoms. The summed E-state index contributed by atoms with van der Waals surface area (Å²) in [7, 11) is -2.83. The molecule has 0 radical (unpaired) electrons. The van der Waals surface area contributed by atoms with Gasteiger partial charge in [0, 0.05) is 16.6 Å². The predicted octanol–water partition coefficient (Wildman–Crippen LogP) is 4.53. The van der Waals surface area contributed by atoms with Crippen LogP contribution in [0.25, 0.3) is 0 Å². The van der Waals surface area contributed by atoms with Crippen LogP contribution in [0.15, 0.2) is 82.2 Å². The van der Waals surface area contributed by atoms with Crippen molar-refractivity contribution >= 4 is 31.9 Å². The van der Waals surface area contributed by atoms with E-state index >= 15 is 0 Å². The van der Waals surface area contributed by atoms with Crippen LogP contribution < -0.4 is 4.74 Å². The number of methoxy groups -OCH3 is 1. The molecule has 0 N–H and O–H groups in total. The minimum atomic E-state index is -4.09. The minimum absolute atomic E-state index is 0.00725. The Bertz CT molecular complexity index is 1210. The fourth-order valence-corrected chi connectivity index (χ4v) is 5.55. The number of nitrogens with zero attached hydrogens (tertiary/aromatic N) is 1. The summed E-state index contributed by atoms with van der Waals surface area (Å²) in [5.41, 5.74) is 1.48. The van der Waals surface area contributed by atoms with Crippen molar-refractivity contribution < 1.29 is 22.7 Å². The third kappa shape index (κ3) is 4.37. The Morgan fingerprint density at radius 2 is 1.77 bits per heavy atom. The Kier molecular flexibility index (Phi) is 6.13. The molecule has 3 aromatic rings. The van der Waals surface area contributed by atoms with Gasteiger partial charge < -0.3 is 9.47 Å². The van der Waals surface area contributed by atoms with Crippen LogP contribution in [0, 0.1) is 0 Å². The number of ether oxygens (including phenoxy) is 2. The minimum Gasteiger partial charge on any atom is -0.468 e. The van der Waals surface area contributed by atoms with Crippen molar-refractivity contribution in [2.75, 3.05) is 7.11 Å². The molecule has 31 heavy (non-hydrogen) atoms. The first-order chi connectivity index (χ1) is 14.9. The molecule has 3 aromatic carbocycles. The van der Waals surface area contributed by atoms with Gasteiger partial charge in [-0.1, -0.05) is 64.5 Å². The number of para-hydroxylation sites is 1. The SMILES string of the molecule is COC(=O)[C@H](Cc1ccccc1)N1Cc2ccccc2Oc2cc(Br)ccc2S1(=O)=O. The standard InChI is InChI=1S/C23H20BrNO5S/c1-29-23(26)19(13-16-7-3-2-4-8-16)25-15-17-9-5-6-10-20(17)30-21-14-18(24)11-12-22(21)31(25,27)28/h2-12,14,19H,13,15H2,1H3/t19-/m0/s1. The second-order valence-electron chi connectivity index (χ2n) is 7.08. The van der Waals surface area contributed by atoms with E-state index in [0.29, 0.717) is 15.8 Å². The maximum absolute atomic E-state index is 13.8. The predicted molar refractivity (Wildman–Crippen MR) is 119 cm³/mol. The quantitative estimate of drug-likeness (QED) is 0.491. The fraction of sp³-hybridized carbons (Fsp3) is 0.174. The van der Waals surface area contributed by atoms with E-state index in [9.17, 15) is 13.2 Å². The third-order valence-electron chi connectivity index (χ3n) is 5.10. The topological polar surface area (TPSA) is 72.9 Å². The van der Waals surface area contributed by atoms with E-state index in [0.717, 1.165) is 5.56 Å². The lowest BCUT2D eigenvalue weighted by atomic mass is 10.1. The first-order valence-corrected chi connectivity index (χ1v) is 11.8. The summed E-state index contributed by atoms with van der Waals surface area (Å²) in [5, 5.41) is 0. The highest BCUT2D eigenvalue weighted by molar-refractivity contribution is 9.10. The molecule has 0 unspecified atom stereocenters. The summed E-state index contributed by atoms with van der Waals surface area (Å²) >= 11 is 3.37. The highest BCUT2D eigenvalue weighted by Crippen LogP contribution is 2.39. The number of hydrogen-bond acceptors (Lipinski definition) is 5. The van der Waals surface area contributed by atoms with E-state index < -0.39 is 22.0 Å². The first-order valence-electron chi connectivity index (χ1n) is 9.59. The lowest BCUT2D eigenvalue weighted by molar-refractivity contribution is -0.145. The van der Waals surface area contributed by atoms with Crippen molar-refractivity contribution in [3.8, 4) is 11.5 Å². The highest BCUT2D eigenvalue weighted by Gasteiger charge is 2.40. The molecule has 1 aliphatic heterocycles. The molecule has 0 bridgehead atoms. The zero-order valence-corrected chi connectivity index (χ0v) is 19.1. The number of fused-ring (bicyclic) bond motifs is 2. The fourth-order valence-electron chi connectivity index (χ4n) is 3.56. The van der Waals surface area contributed by atoms with E-state index in [1.54, 1.807) is 30.3 Å². The Labute approximate surface area is 189 Å². The molecule has 0 amide bonds. The first kappa shape index (κ1) is 21.5. The number of carbonyl (C=O) groups is 1. The number of sulfonamides is 1. The van der Waals surface area contributed by atoms with Gasteiger partial charge in [-0.3, -0.25) is 4.79 Å². The summed E-state index contributed by atoms with van der Waals surface area (Å²) in [5.74, 6) is 0.102. The van der Waals surface area contributed by atoms with Gasteiger partial charge in [-0.15, -0.1) is 0 Å². The van der Waals surface area contributed by atoms with Crippen LogP contribution in [0.5, 0.6) is 11.5 Å². The summed E-state index contributed by atoms with van der Waals surface area (Å²) < 4.78 is 40.4. The van der Waals surface area contributed by atoms with Gasteiger partial charge in [0.2, 0.25) is 10.0 Å². The molecule has 1 aliphatic rings. The largest absolute Gasteiger partial charge is 0.468 e. The van der Waals surface area contributed by atoms with Crippen LogP contribution >= 0.6 is 15.9 Å². The molecule has 0 spiro atoms. The molecule has 1 atom stereocenters. The van der Waals surface area contributed by atoms with Crippen molar-refractivity contribution in [1.82, 2.24) is 4.31 Å². The number of hydrogen-bond donors (Lipinski definition) is 0. The Hall–Kier alpha value is -2.68. The van der Waals surface area contributed by atoms with Crippen LogP contribution in [0.3, 0.4) is 0 Å². The van der Waals surface area contributed by atoms with Gasteiger partial charge in [0.05, 0.1) is 7.11 Å². The number of rotatable bonds is 4. The van der Waals surface area contributed by atoms with Crippen molar-refractivity contribution in [2.24, 2.45) is 0 Å². The smallest absolute Gasteiger partial charge is 0.324 e. The van der Waals surface area contributed by atoms with Crippen LogP contribution in [-0.4, -0.2) is 31.8 Å². The van der Waals surface area contributed by atoms with Gasteiger partial charge in [-0.25, -0.2) is 8.42 Å². The Morgan fingerprint density at radius 1 is 1.06 bits per heavy atom. The lowest BCUT2D eigenvalue weighted by Gasteiger charge is -2.32. The summed E-state index contributed by atoms with van der Waals surface area (Å²) in [4.78, 5) is 12.8. The lowest BCUT2D eigenvalue weighted by Crippen LogP contribution is -2.46. The molecule has 0 saturated heterocycles. The molecule has 0 aliphatic carbocycles. The van der Waals surface area contributed by atoms with Gasteiger partial charge >= 0.3 is 5.97 Å². The van der Waals surface area contributed by atoms with Crippen molar-refractivity contribution in [2.45, 2.75) is 23.9 Å². The third-order valence-corrected chi connectivity index (χ3v) is 7.49. The number of carbonyl (C=O) groups excluding carboxylic acids is 1. The molecular formula is C23H20BrNO5S. The van der Waals surface area contributed by atoms with Gasteiger partial charge in [0.15, 0.2) is 0 Å². The van der Waals surface area contributed by atoms with Crippen LogP contribution in [0.2, 0.25) is 0 Å². The second kappa shape index (κ2) is 8.82. The van der Waals surface area contributed by atoms with E-state index in [-0.39, 0.29) is 23.6 Å². The zero-order chi connectivity index (χ0) is 22.0. The molecule has 6 nitrogen and oxygen atoms in total. The van der Waals surface area contributed by atoms with Crippen LogP contribution in [0.4, 0.5) is 0 Å². The average molecular weight is 502 g/mol. The second-order valence-corrected chi connectivity index (χ2v) is 9.85. The monoisotopic (exact) mass is 501 g/mol. The van der Waals surface area contributed by atoms with E-state index in [1.807, 2.05) is 36.4 Å². The van der Waals surface area contributed by atoms with Gasteiger partial charge in [0.25, 0.3) is 0 Å². The Balaban J connectivity index is 1.89. The molecule has 0 saturated carbocycles. The van der Waals surface area contributed by atoms with E-state index in [1.165, 1.54) is 17.5 Å². The zero-order valence-electron chi connectivity index (χ0n) is 16.7. The number of benzene rings is 3. The number of halogens is 1. The molecule has 4 rings (SSSR count). The summed E-state index contributed by atoms with van der Waals surface area (Å²) in [6.45, 7) is -0.0272. The molecule has 0 aromatic heterocycles. The highest BCUT2D eigenvalue weighted by atomic mass is 79.9. The molecule has 0 fully saturated rings. The maximum atomic E-state index is 13.8. The Morgan fingerprint density at radius 3 is 2.52 bits per heavy atom. The molecular weight excluding hydrogens is 482 g/mol. The van der Waals surface area contributed by atoms with Crippen molar-refractivity contribution in [1.29, 1.82) is 0 Å². The van der Waals surface area contributed by atoms with Crippen molar-refractivity contribution in [3.63, 3.8) is 0 Å². The van der Waals surface area contributed by atoms with Crippen LogP contribution in [0.1, 0.15) is 11.1 Å². The van der Waals surface area contributed by atoms with E-state index in [4.69, 9.17) is 9.47 Å². The van der Waals surface area contributed by atoms with Crippen LogP contribution in [-0.2, 0) is 32.5 Å². The van der Waals surface area contributed by atoms with E-state index in [2.05, 4.69) is 15.9 Å². The maximum Gasteiger partial charge on any atom is 0.324 e. The molecule has 1 heterocycles. The summed E-state index contributed by atoms with van der Waals surface area (Å²) in [6, 6.07) is 20.1. The normalized spacial score (nSPS) is 16.1. The van der Waals surface area contributed by atoms with Crippen molar-refractivity contribution in [3.05, 3.63) is 88.4 Å². The van der Waals surface area contributed by atoms with Gasteiger partial charge in [-0.2, -0.15) is 4.31 Å². The van der Waals surface area contributed by atoms with Gasteiger partial charge in [-0.05, 0) is 36.2 Å². The summed E-state index contributed by atoms with van der Waals surface area (Å²) in [6.07, 6.45) is 0.182. The average Bonchev–Trinajstić information content (AvgIpc) is 2.76. The van der Waals surface area contributed by atoms with Gasteiger partial charge in [0.1, 0.15) is 22.4 Å².